The summed E-state index contributed by atoms with van der Waals surface area (Å²) in [7, 11) is 0. The van der Waals surface area contributed by atoms with E-state index in [1.54, 1.807) is 0 Å². The van der Waals surface area contributed by atoms with E-state index < -0.39 is 0 Å². The first-order valence-electron chi connectivity index (χ1n) is 6.25. The molecule has 2 nitrogen and oxygen atoms in total. The molecule has 0 amide bonds. The third-order valence-electron chi connectivity index (χ3n) is 4.32. The van der Waals surface area contributed by atoms with E-state index in [1.165, 1.54) is 51.7 Å². The highest BCUT2D eigenvalue weighted by Crippen LogP contribution is 2.40. The Morgan fingerprint density at radius 3 is 2.71 bits per heavy atom. The van der Waals surface area contributed by atoms with Crippen LogP contribution in [0.25, 0.3) is 0 Å². The van der Waals surface area contributed by atoms with Crippen LogP contribution in [-0.4, -0.2) is 36.1 Å². The molecule has 1 atom stereocenters. The monoisotopic (exact) mass is 196 g/mol. The molecular formula is C12H24N2. The van der Waals surface area contributed by atoms with Crippen molar-refractivity contribution < 1.29 is 0 Å². The van der Waals surface area contributed by atoms with E-state index in [0.717, 1.165) is 0 Å². The van der Waals surface area contributed by atoms with Crippen LogP contribution >= 0.6 is 0 Å². The van der Waals surface area contributed by atoms with Crippen LogP contribution < -0.4 is 5.32 Å². The van der Waals surface area contributed by atoms with Crippen LogP contribution in [0.5, 0.6) is 0 Å². The van der Waals surface area contributed by atoms with Gasteiger partial charge in [0.05, 0.1) is 0 Å². The molecule has 0 bridgehead atoms. The second-order valence-corrected chi connectivity index (χ2v) is 5.06. The second-order valence-electron chi connectivity index (χ2n) is 5.06. The summed E-state index contributed by atoms with van der Waals surface area (Å²) in [5.41, 5.74) is 0.603. The molecule has 1 saturated heterocycles. The second kappa shape index (κ2) is 4.19. The van der Waals surface area contributed by atoms with Gasteiger partial charge in [-0.25, -0.2) is 0 Å². The zero-order chi connectivity index (χ0) is 10.0. The van der Waals surface area contributed by atoms with Crippen LogP contribution in [0.3, 0.4) is 0 Å². The quantitative estimate of drug-likeness (QED) is 0.727. The zero-order valence-electron chi connectivity index (χ0n) is 9.68. The molecule has 82 valence electrons. The Kier molecular flexibility index (Phi) is 3.13. The van der Waals surface area contributed by atoms with Crippen LogP contribution in [0.2, 0.25) is 0 Å². The van der Waals surface area contributed by atoms with Gasteiger partial charge in [-0.1, -0.05) is 6.92 Å². The number of hydrogen-bond acceptors (Lipinski definition) is 2. The van der Waals surface area contributed by atoms with Crippen molar-refractivity contribution in [1.82, 2.24) is 10.2 Å². The largest absolute Gasteiger partial charge is 0.313 e. The molecular weight excluding hydrogens is 172 g/mol. The highest BCUT2D eigenvalue weighted by Gasteiger charge is 2.40. The van der Waals surface area contributed by atoms with Crippen molar-refractivity contribution in [2.75, 3.05) is 19.6 Å². The highest BCUT2D eigenvalue weighted by atomic mass is 15.2. The number of rotatable bonds is 2. The normalized spacial score (nSPS) is 33.4. The zero-order valence-corrected chi connectivity index (χ0v) is 9.68. The fourth-order valence-electron chi connectivity index (χ4n) is 2.96. The minimum Gasteiger partial charge on any atom is -0.313 e. The summed E-state index contributed by atoms with van der Waals surface area (Å²) in [5, 5.41) is 3.58. The lowest BCUT2D eigenvalue weighted by Gasteiger charge is -2.50. The van der Waals surface area contributed by atoms with Crippen LogP contribution in [0, 0.1) is 0 Å². The van der Waals surface area contributed by atoms with Gasteiger partial charge in [0.1, 0.15) is 0 Å². The summed E-state index contributed by atoms with van der Waals surface area (Å²) in [6.07, 6.45) is 7.01. The Morgan fingerprint density at radius 1 is 1.36 bits per heavy atom. The molecule has 1 aliphatic carbocycles. The average molecular weight is 196 g/mol. The van der Waals surface area contributed by atoms with Gasteiger partial charge >= 0.3 is 0 Å². The van der Waals surface area contributed by atoms with Gasteiger partial charge in [0.25, 0.3) is 0 Å². The maximum atomic E-state index is 3.58. The van der Waals surface area contributed by atoms with Gasteiger partial charge in [-0.2, -0.15) is 0 Å². The van der Waals surface area contributed by atoms with E-state index >= 15 is 0 Å². The van der Waals surface area contributed by atoms with E-state index in [2.05, 4.69) is 24.1 Å². The standard InChI is InChI=1S/C12H24N2/c1-3-12(6-4-7-12)14-9-5-11(2)13-8-10-14/h11,13H,3-10H2,1-2H3. The van der Waals surface area contributed by atoms with Crippen molar-refractivity contribution in [2.45, 2.75) is 57.5 Å². The van der Waals surface area contributed by atoms with Gasteiger partial charge in [-0.3, -0.25) is 4.90 Å². The summed E-state index contributed by atoms with van der Waals surface area (Å²) in [6, 6.07) is 0.717. The van der Waals surface area contributed by atoms with Crippen molar-refractivity contribution in [1.29, 1.82) is 0 Å². The maximum Gasteiger partial charge on any atom is 0.0207 e. The molecule has 2 rings (SSSR count). The lowest BCUT2D eigenvalue weighted by Crippen LogP contribution is -2.54. The van der Waals surface area contributed by atoms with Crippen LogP contribution in [0.15, 0.2) is 0 Å². The molecule has 1 unspecified atom stereocenters. The molecule has 1 N–H and O–H groups in total. The van der Waals surface area contributed by atoms with E-state index in [-0.39, 0.29) is 0 Å². The van der Waals surface area contributed by atoms with Crippen molar-refractivity contribution in [3.05, 3.63) is 0 Å². The van der Waals surface area contributed by atoms with Crippen molar-refractivity contribution >= 4 is 0 Å². The first-order valence-corrected chi connectivity index (χ1v) is 6.25. The molecule has 2 fully saturated rings. The lowest BCUT2D eigenvalue weighted by molar-refractivity contribution is 0.0171. The summed E-state index contributed by atoms with van der Waals surface area (Å²) in [5.74, 6) is 0. The smallest absolute Gasteiger partial charge is 0.0207 e. The number of nitrogens with one attached hydrogen (secondary N) is 1. The summed E-state index contributed by atoms with van der Waals surface area (Å²) >= 11 is 0. The Bertz CT molecular complexity index is 181. The third kappa shape index (κ3) is 1.82. The van der Waals surface area contributed by atoms with Gasteiger partial charge in [0.2, 0.25) is 0 Å². The Labute approximate surface area is 88.1 Å². The van der Waals surface area contributed by atoms with Gasteiger partial charge in [-0.05, 0) is 39.0 Å². The number of hydrogen-bond donors (Lipinski definition) is 1. The van der Waals surface area contributed by atoms with Crippen molar-refractivity contribution in [3.8, 4) is 0 Å². The van der Waals surface area contributed by atoms with Crippen LogP contribution in [0.1, 0.15) is 46.0 Å². The van der Waals surface area contributed by atoms with E-state index in [1.807, 2.05) is 0 Å². The Balaban J connectivity index is 1.95. The van der Waals surface area contributed by atoms with Crippen molar-refractivity contribution in [3.63, 3.8) is 0 Å². The molecule has 0 aromatic carbocycles. The summed E-state index contributed by atoms with van der Waals surface area (Å²) in [4.78, 5) is 2.76. The highest BCUT2D eigenvalue weighted by molar-refractivity contribution is 4.97. The predicted molar refractivity (Wildman–Crippen MR) is 60.5 cm³/mol. The molecule has 0 aromatic rings. The molecule has 14 heavy (non-hydrogen) atoms. The maximum absolute atomic E-state index is 3.58. The average Bonchev–Trinajstić information content (AvgIpc) is 2.31. The molecule has 1 aliphatic heterocycles. The van der Waals surface area contributed by atoms with E-state index in [9.17, 15) is 0 Å². The van der Waals surface area contributed by atoms with Gasteiger partial charge < -0.3 is 5.32 Å². The fraction of sp³-hybridized carbons (Fsp3) is 1.00. The van der Waals surface area contributed by atoms with Crippen LogP contribution in [0.4, 0.5) is 0 Å². The topological polar surface area (TPSA) is 15.3 Å². The summed E-state index contributed by atoms with van der Waals surface area (Å²) < 4.78 is 0. The first-order chi connectivity index (χ1) is 6.77. The Morgan fingerprint density at radius 2 is 2.14 bits per heavy atom. The number of nitrogens with zero attached hydrogens (tertiary/aromatic N) is 1. The molecule has 2 aliphatic rings. The molecule has 0 spiro atoms. The minimum absolute atomic E-state index is 0.603. The molecule has 1 heterocycles. The van der Waals surface area contributed by atoms with E-state index in [4.69, 9.17) is 0 Å². The van der Waals surface area contributed by atoms with E-state index in [0.29, 0.717) is 11.6 Å². The molecule has 0 aromatic heterocycles. The Hall–Kier alpha value is -0.0800. The molecule has 1 saturated carbocycles. The van der Waals surface area contributed by atoms with Crippen molar-refractivity contribution in [2.24, 2.45) is 0 Å². The third-order valence-corrected chi connectivity index (χ3v) is 4.32. The minimum atomic E-state index is 0.603. The SMILES string of the molecule is CCC1(N2CCNC(C)CC2)CCC1. The first kappa shape index (κ1) is 10.4. The van der Waals surface area contributed by atoms with Gasteiger partial charge in [0.15, 0.2) is 0 Å². The van der Waals surface area contributed by atoms with Gasteiger partial charge in [0, 0.05) is 31.2 Å². The molecule has 2 heteroatoms. The molecule has 0 radical (unpaired) electrons. The fourth-order valence-corrected chi connectivity index (χ4v) is 2.96. The predicted octanol–water partition coefficient (Wildman–Crippen LogP) is 2.00. The van der Waals surface area contributed by atoms with Gasteiger partial charge in [-0.15, -0.1) is 0 Å². The lowest BCUT2D eigenvalue weighted by atomic mass is 9.73. The summed E-state index contributed by atoms with van der Waals surface area (Å²) in [6.45, 7) is 8.42. The van der Waals surface area contributed by atoms with Crippen LogP contribution in [-0.2, 0) is 0 Å².